The summed E-state index contributed by atoms with van der Waals surface area (Å²) >= 11 is 7.26. The molecule has 2 N–H and O–H groups in total. The van der Waals surface area contributed by atoms with Crippen molar-refractivity contribution < 1.29 is 4.79 Å². The number of hydrogen-bond acceptors (Lipinski definition) is 5. The molecule has 100 valence electrons. The van der Waals surface area contributed by atoms with Gasteiger partial charge in [0.2, 0.25) is 5.91 Å². The number of aromatic nitrogens is 2. The summed E-state index contributed by atoms with van der Waals surface area (Å²) in [5.74, 6) is -0.0536. The van der Waals surface area contributed by atoms with Crippen molar-refractivity contribution in [1.82, 2.24) is 14.1 Å². The van der Waals surface area contributed by atoms with Crippen molar-refractivity contribution in [3.05, 3.63) is 17.2 Å². The van der Waals surface area contributed by atoms with Crippen LogP contribution in [0.15, 0.2) is 12.1 Å². The number of carbonyl (C=O) groups is 1. The van der Waals surface area contributed by atoms with Crippen molar-refractivity contribution in [2.45, 2.75) is 25.3 Å². The Balaban J connectivity index is 1.86. The maximum Gasteiger partial charge on any atom is 0.241 e. The topological polar surface area (TPSA) is 66.9 Å². The SMILES string of the molecule is O=C(Nc1c(Cl)ccc2nsnc12)[C@H]1CCCCN1. The number of halogens is 1. The Hall–Kier alpha value is -1.24. The second kappa shape index (κ2) is 5.40. The van der Waals surface area contributed by atoms with Gasteiger partial charge in [-0.3, -0.25) is 4.79 Å². The Labute approximate surface area is 119 Å². The van der Waals surface area contributed by atoms with E-state index in [1.807, 2.05) is 0 Å². The first-order valence-corrected chi connectivity index (χ1v) is 7.31. The molecule has 1 aliphatic heterocycles. The molecule has 0 aliphatic carbocycles. The second-order valence-corrected chi connectivity index (χ2v) is 5.48. The Morgan fingerprint density at radius 1 is 1.42 bits per heavy atom. The summed E-state index contributed by atoms with van der Waals surface area (Å²) in [6, 6.07) is 3.39. The van der Waals surface area contributed by atoms with Gasteiger partial charge in [-0.15, -0.1) is 0 Å². The lowest BCUT2D eigenvalue weighted by Gasteiger charge is -2.22. The Kier molecular flexibility index (Phi) is 3.63. The Morgan fingerprint density at radius 2 is 2.32 bits per heavy atom. The molecule has 1 saturated heterocycles. The van der Waals surface area contributed by atoms with Gasteiger partial charge in [0.15, 0.2) is 0 Å². The van der Waals surface area contributed by atoms with Crippen molar-refractivity contribution in [2.75, 3.05) is 11.9 Å². The minimum Gasteiger partial charge on any atom is -0.322 e. The predicted molar refractivity (Wildman–Crippen MR) is 76.7 cm³/mol. The van der Waals surface area contributed by atoms with Gasteiger partial charge in [-0.1, -0.05) is 18.0 Å². The first-order chi connectivity index (χ1) is 9.25. The van der Waals surface area contributed by atoms with Gasteiger partial charge in [0.25, 0.3) is 0 Å². The summed E-state index contributed by atoms with van der Waals surface area (Å²) in [6.07, 6.45) is 3.05. The minimum absolute atomic E-state index is 0.0536. The van der Waals surface area contributed by atoms with Crippen LogP contribution in [0, 0.1) is 0 Å². The summed E-state index contributed by atoms with van der Waals surface area (Å²) in [4.78, 5) is 12.2. The first kappa shape index (κ1) is 12.8. The Bertz CT molecular complexity index is 609. The summed E-state index contributed by atoms with van der Waals surface area (Å²) in [5, 5.41) is 6.58. The number of carbonyl (C=O) groups excluding carboxylic acids is 1. The molecule has 1 fully saturated rings. The van der Waals surface area contributed by atoms with Crippen LogP contribution in [0.2, 0.25) is 5.02 Å². The van der Waals surface area contributed by atoms with Gasteiger partial charge in [-0.05, 0) is 31.5 Å². The van der Waals surface area contributed by atoms with Crippen LogP contribution in [0.1, 0.15) is 19.3 Å². The van der Waals surface area contributed by atoms with E-state index in [-0.39, 0.29) is 11.9 Å². The first-order valence-electron chi connectivity index (χ1n) is 6.21. The van der Waals surface area contributed by atoms with Crippen molar-refractivity contribution in [3.63, 3.8) is 0 Å². The molecule has 1 atom stereocenters. The van der Waals surface area contributed by atoms with E-state index in [9.17, 15) is 4.79 Å². The fourth-order valence-corrected chi connectivity index (χ4v) is 2.97. The molecular formula is C12H13ClN4OS. The zero-order valence-electron chi connectivity index (χ0n) is 10.1. The smallest absolute Gasteiger partial charge is 0.241 e. The van der Waals surface area contributed by atoms with Crippen LogP contribution < -0.4 is 10.6 Å². The molecule has 0 radical (unpaired) electrons. The monoisotopic (exact) mass is 296 g/mol. The van der Waals surface area contributed by atoms with Gasteiger partial charge in [-0.2, -0.15) is 8.75 Å². The zero-order valence-corrected chi connectivity index (χ0v) is 11.7. The van der Waals surface area contributed by atoms with Crippen molar-refractivity contribution in [1.29, 1.82) is 0 Å². The molecule has 2 heterocycles. The van der Waals surface area contributed by atoms with E-state index in [2.05, 4.69) is 19.4 Å². The third-order valence-electron chi connectivity index (χ3n) is 3.25. The summed E-state index contributed by atoms with van der Waals surface area (Å²) in [5.41, 5.74) is 1.97. The normalized spacial score (nSPS) is 19.5. The number of fused-ring (bicyclic) bond motifs is 1. The molecule has 1 aromatic heterocycles. The molecule has 0 bridgehead atoms. The summed E-state index contributed by atoms with van der Waals surface area (Å²) in [7, 11) is 0. The van der Waals surface area contributed by atoms with Crippen LogP contribution in [-0.4, -0.2) is 27.2 Å². The fraction of sp³-hybridized carbons (Fsp3) is 0.417. The molecule has 5 nitrogen and oxygen atoms in total. The van der Waals surface area contributed by atoms with Gasteiger partial charge < -0.3 is 10.6 Å². The number of anilines is 1. The second-order valence-electron chi connectivity index (χ2n) is 4.55. The van der Waals surface area contributed by atoms with Crippen LogP contribution >= 0.6 is 23.3 Å². The summed E-state index contributed by atoms with van der Waals surface area (Å²) in [6.45, 7) is 0.883. The number of benzene rings is 1. The van der Waals surface area contributed by atoms with Gasteiger partial charge in [-0.25, -0.2) is 0 Å². The number of rotatable bonds is 2. The third-order valence-corrected chi connectivity index (χ3v) is 4.11. The number of amides is 1. The van der Waals surface area contributed by atoms with Crippen LogP contribution in [0.3, 0.4) is 0 Å². The van der Waals surface area contributed by atoms with E-state index in [4.69, 9.17) is 11.6 Å². The lowest BCUT2D eigenvalue weighted by atomic mass is 10.0. The van der Waals surface area contributed by atoms with E-state index in [1.165, 1.54) is 0 Å². The molecule has 19 heavy (non-hydrogen) atoms. The van der Waals surface area contributed by atoms with Crippen LogP contribution in [0.4, 0.5) is 5.69 Å². The molecule has 3 rings (SSSR count). The number of piperidine rings is 1. The molecule has 0 saturated carbocycles. The molecule has 1 amide bonds. The maximum atomic E-state index is 12.2. The van der Waals surface area contributed by atoms with Crippen LogP contribution in [0.5, 0.6) is 0 Å². The largest absolute Gasteiger partial charge is 0.322 e. The van der Waals surface area contributed by atoms with E-state index in [0.717, 1.165) is 43.1 Å². The maximum absolute atomic E-state index is 12.2. The standard InChI is InChI=1S/C12H13ClN4OS/c13-7-4-5-8-11(17-19-16-8)10(7)15-12(18)9-3-1-2-6-14-9/h4-5,9,14H,1-3,6H2,(H,15,18)/t9-/m1/s1. The lowest BCUT2D eigenvalue weighted by molar-refractivity contribution is -0.118. The number of hydrogen-bond donors (Lipinski definition) is 2. The van der Waals surface area contributed by atoms with Crippen LogP contribution in [-0.2, 0) is 4.79 Å². The highest BCUT2D eigenvalue weighted by molar-refractivity contribution is 7.00. The fourth-order valence-electron chi connectivity index (χ4n) is 2.23. The van der Waals surface area contributed by atoms with Gasteiger partial charge in [0.1, 0.15) is 11.0 Å². The van der Waals surface area contributed by atoms with Crippen molar-refractivity contribution in [2.24, 2.45) is 0 Å². The van der Waals surface area contributed by atoms with E-state index >= 15 is 0 Å². The molecule has 0 unspecified atom stereocenters. The lowest BCUT2D eigenvalue weighted by Crippen LogP contribution is -2.43. The molecule has 0 spiro atoms. The van der Waals surface area contributed by atoms with E-state index in [1.54, 1.807) is 12.1 Å². The number of nitrogens with one attached hydrogen (secondary N) is 2. The Morgan fingerprint density at radius 3 is 3.11 bits per heavy atom. The molecule has 1 aromatic carbocycles. The molecular weight excluding hydrogens is 284 g/mol. The highest BCUT2D eigenvalue weighted by Gasteiger charge is 2.22. The summed E-state index contributed by atoms with van der Waals surface area (Å²) < 4.78 is 8.33. The number of nitrogens with zero attached hydrogens (tertiary/aromatic N) is 2. The van der Waals surface area contributed by atoms with Crippen molar-refractivity contribution >= 4 is 46.0 Å². The van der Waals surface area contributed by atoms with Gasteiger partial charge in [0, 0.05) is 0 Å². The highest BCUT2D eigenvalue weighted by Crippen LogP contribution is 2.30. The average Bonchev–Trinajstić information content (AvgIpc) is 2.91. The quantitative estimate of drug-likeness (QED) is 0.893. The molecule has 2 aromatic rings. The highest BCUT2D eigenvalue weighted by atomic mass is 35.5. The van der Waals surface area contributed by atoms with Crippen LogP contribution in [0.25, 0.3) is 11.0 Å². The van der Waals surface area contributed by atoms with Gasteiger partial charge >= 0.3 is 0 Å². The van der Waals surface area contributed by atoms with Crippen molar-refractivity contribution in [3.8, 4) is 0 Å². The van der Waals surface area contributed by atoms with Gasteiger partial charge in [0.05, 0.1) is 28.5 Å². The average molecular weight is 297 g/mol. The molecule has 1 aliphatic rings. The minimum atomic E-state index is -0.147. The van der Waals surface area contributed by atoms with E-state index in [0.29, 0.717) is 16.2 Å². The zero-order chi connectivity index (χ0) is 13.2. The third kappa shape index (κ3) is 2.56. The predicted octanol–water partition coefficient (Wildman–Crippen LogP) is 2.43. The molecule has 7 heteroatoms. The van der Waals surface area contributed by atoms with E-state index < -0.39 is 0 Å².